The van der Waals surface area contributed by atoms with Crippen molar-refractivity contribution in [2.75, 3.05) is 7.05 Å². The van der Waals surface area contributed by atoms with Crippen LogP contribution in [-0.4, -0.2) is 11.6 Å². The topological polar surface area (TPSA) is 17.0 Å². The van der Waals surface area contributed by atoms with Crippen LogP contribution in [0.2, 0.25) is 5.02 Å². The highest BCUT2D eigenvalue weighted by Gasteiger charge is 2.10. The van der Waals surface area contributed by atoms with Crippen LogP contribution in [0.15, 0.2) is 48.7 Å². The molecule has 0 atom stereocenters. The Labute approximate surface area is 128 Å². The predicted molar refractivity (Wildman–Crippen MR) is 85.2 cm³/mol. The monoisotopic (exact) mass is 302 g/mol. The molecule has 2 aromatic carbocycles. The first-order chi connectivity index (χ1) is 10.2. The zero-order valence-electron chi connectivity index (χ0n) is 11.7. The minimum Gasteiger partial charge on any atom is -0.343 e. The van der Waals surface area contributed by atoms with Gasteiger partial charge in [0.2, 0.25) is 0 Å². The van der Waals surface area contributed by atoms with Gasteiger partial charge in [0.1, 0.15) is 5.82 Å². The molecule has 0 bridgehead atoms. The minimum absolute atomic E-state index is 0.184. The summed E-state index contributed by atoms with van der Waals surface area (Å²) in [5.41, 5.74) is 2.88. The van der Waals surface area contributed by atoms with Crippen molar-refractivity contribution in [1.29, 1.82) is 0 Å². The summed E-state index contributed by atoms with van der Waals surface area (Å²) in [5.74, 6) is -0.184. The van der Waals surface area contributed by atoms with Gasteiger partial charge in [0.15, 0.2) is 0 Å². The molecule has 0 saturated heterocycles. The average Bonchev–Trinajstić information content (AvgIpc) is 2.79. The second kappa shape index (κ2) is 5.88. The molecule has 0 aliphatic rings. The van der Waals surface area contributed by atoms with Crippen LogP contribution < -0.4 is 5.32 Å². The number of hydrogen-bond acceptors (Lipinski definition) is 1. The maximum atomic E-state index is 13.9. The van der Waals surface area contributed by atoms with E-state index in [-0.39, 0.29) is 5.82 Å². The molecule has 0 saturated carbocycles. The first kappa shape index (κ1) is 14.1. The highest BCUT2D eigenvalue weighted by molar-refractivity contribution is 6.31. The van der Waals surface area contributed by atoms with Gasteiger partial charge in [-0.25, -0.2) is 4.39 Å². The fraction of sp³-hybridized carbons (Fsp3) is 0.176. The van der Waals surface area contributed by atoms with Crippen molar-refractivity contribution in [3.8, 4) is 0 Å². The third-order valence-electron chi connectivity index (χ3n) is 3.59. The van der Waals surface area contributed by atoms with E-state index in [4.69, 9.17) is 11.6 Å². The van der Waals surface area contributed by atoms with Crippen LogP contribution in [0, 0.1) is 5.82 Å². The van der Waals surface area contributed by atoms with E-state index in [9.17, 15) is 4.39 Å². The third-order valence-corrected chi connectivity index (χ3v) is 3.83. The van der Waals surface area contributed by atoms with Crippen LogP contribution in [0.5, 0.6) is 0 Å². The zero-order chi connectivity index (χ0) is 14.8. The van der Waals surface area contributed by atoms with Crippen molar-refractivity contribution >= 4 is 22.5 Å². The molecule has 2 nitrogen and oxygen atoms in total. The average molecular weight is 303 g/mol. The van der Waals surface area contributed by atoms with Gasteiger partial charge < -0.3 is 9.88 Å². The Hall–Kier alpha value is -1.84. The summed E-state index contributed by atoms with van der Waals surface area (Å²) in [6.07, 6.45) is 2.06. The van der Waals surface area contributed by atoms with Crippen molar-refractivity contribution in [2.24, 2.45) is 0 Å². The predicted octanol–water partition coefficient (Wildman–Crippen LogP) is 4.20. The molecule has 4 heteroatoms. The molecule has 3 aromatic rings. The summed E-state index contributed by atoms with van der Waals surface area (Å²) in [4.78, 5) is 0. The first-order valence-electron chi connectivity index (χ1n) is 6.84. The highest BCUT2D eigenvalue weighted by Crippen LogP contribution is 2.26. The molecule has 0 spiro atoms. The van der Waals surface area contributed by atoms with Gasteiger partial charge in [-0.15, -0.1) is 0 Å². The number of benzene rings is 2. The molecule has 0 amide bonds. The van der Waals surface area contributed by atoms with E-state index in [1.165, 1.54) is 11.6 Å². The summed E-state index contributed by atoms with van der Waals surface area (Å²) < 4.78 is 15.9. The molecule has 1 N–H and O–H groups in total. The molecular formula is C17H16ClFN2. The Bertz CT molecular complexity index is 780. The van der Waals surface area contributed by atoms with Gasteiger partial charge in [-0.1, -0.05) is 35.9 Å². The SMILES string of the molecule is CNCc1cn(Cc2ccccc2F)c2cc(Cl)ccc12. The fourth-order valence-corrected chi connectivity index (χ4v) is 2.78. The number of aromatic nitrogens is 1. The Morgan fingerprint density at radius 1 is 1.14 bits per heavy atom. The summed E-state index contributed by atoms with van der Waals surface area (Å²) in [5, 5.41) is 4.99. The van der Waals surface area contributed by atoms with E-state index in [0.717, 1.165) is 17.4 Å². The Morgan fingerprint density at radius 2 is 1.95 bits per heavy atom. The van der Waals surface area contributed by atoms with Gasteiger partial charge >= 0.3 is 0 Å². The van der Waals surface area contributed by atoms with Crippen molar-refractivity contribution in [1.82, 2.24) is 9.88 Å². The fourth-order valence-electron chi connectivity index (χ4n) is 2.61. The van der Waals surface area contributed by atoms with E-state index in [2.05, 4.69) is 11.5 Å². The molecule has 3 rings (SSSR count). The van der Waals surface area contributed by atoms with E-state index >= 15 is 0 Å². The maximum Gasteiger partial charge on any atom is 0.128 e. The standard InChI is InChI=1S/C17H16ClFN2/c1-20-9-13-11-21(10-12-4-2-3-5-16(12)19)17-8-14(18)6-7-15(13)17/h2-8,11,20H,9-10H2,1H3. The summed E-state index contributed by atoms with van der Waals surface area (Å²) >= 11 is 6.11. The number of fused-ring (bicyclic) bond motifs is 1. The Morgan fingerprint density at radius 3 is 2.71 bits per heavy atom. The first-order valence-corrected chi connectivity index (χ1v) is 7.22. The lowest BCUT2D eigenvalue weighted by atomic mass is 10.2. The molecule has 1 heterocycles. The normalized spacial score (nSPS) is 11.2. The second-order valence-electron chi connectivity index (χ2n) is 5.07. The Balaban J connectivity index is 2.09. The molecular weight excluding hydrogens is 287 g/mol. The van der Waals surface area contributed by atoms with Gasteiger partial charge in [-0.2, -0.15) is 0 Å². The van der Waals surface area contributed by atoms with E-state index in [1.54, 1.807) is 6.07 Å². The summed E-state index contributed by atoms with van der Waals surface area (Å²) in [6, 6.07) is 12.7. The van der Waals surface area contributed by atoms with Crippen LogP contribution in [0.25, 0.3) is 10.9 Å². The lowest BCUT2D eigenvalue weighted by molar-refractivity contribution is 0.602. The van der Waals surface area contributed by atoms with Crippen molar-refractivity contribution in [3.63, 3.8) is 0 Å². The molecule has 1 aromatic heterocycles. The van der Waals surface area contributed by atoms with E-state index < -0.39 is 0 Å². The van der Waals surface area contributed by atoms with E-state index in [1.807, 2.05) is 41.9 Å². The van der Waals surface area contributed by atoms with Crippen molar-refractivity contribution < 1.29 is 4.39 Å². The Kier molecular flexibility index (Phi) is 3.95. The molecule has 0 unspecified atom stereocenters. The summed E-state index contributed by atoms with van der Waals surface area (Å²) in [6.45, 7) is 1.26. The van der Waals surface area contributed by atoms with Gasteiger partial charge in [0.05, 0.1) is 12.1 Å². The number of nitrogens with zero attached hydrogens (tertiary/aromatic N) is 1. The van der Waals surface area contributed by atoms with Gasteiger partial charge in [0.25, 0.3) is 0 Å². The van der Waals surface area contributed by atoms with Crippen LogP contribution in [0.4, 0.5) is 4.39 Å². The number of halogens is 2. The van der Waals surface area contributed by atoms with Crippen LogP contribution in [-0.2, 0) is 13.1 Å². The molecule has 21 heavy (non-hydrogen) atoms. The lowest BCUT2D eigenvalue weighted by Crippen LogP contribution is -2.04. The summed E-state index contributed by atoms with van der Waals surface area (Å²) in [7, 11) is 1.91. The van der Waals surface area contributed by atoms with Gasteiger partial charge in [-0.3, -0.25) is 0 Å². The molecule has 0 aliphatic heterocycles. The second-order valence-corrected chi connectivity index (χ2v) is 5.50. The number of nitrogens with one attached hydrogen (secondary N) is 1. The zero-order valence-corrected chi connectivity index (χ0v) is 12.5. The number of rotatable bonds is 4. The minimum atomic E-state index is -0.184. The third kappa shape index (κ3) is 2.80. The smallest absolute Gasteiger partial charge is 0.128 e. The molecule has 0 radical (unpaired) electrons. The van der Waals surface area contributed by atoms with Gasteiger partial charge in [0, 0.05) is 28.7 Å². The van der Waals surface area contributed by atoms with E-state index in [0.29, 0.717) is 17.1 Å². The quantitative estimate of drug-likeness (QED) is 0.764. The van der Waals surface area contributed by atoms with Crippen molar-refractivity contribution in [3.05, 3.63) is 70.6 Å². The largest absolute Gasteiger partial charge is 0.343 e. The van der Waals surface area contributed by atoms with Crippen LogP contribution >= 0.6 is 11.6 Å². The highest BCUT2D eigenvalue weighted by atomic mass is 35.5. The molecule has 0 aliphatic carbocycles. The number of hydrogen-bond donors (Lipinski definition) is 1. The maximum absolute atomic E-state index is 13.9. The van der Waals surface area contributed by atoms with Crippen molar-refractivity contribution in [2.45, 2.75) is 13.1 Å². The molecule has 0 fully saturated rings. The van der Waals surface area contributed by atoms with Crippen LogP contribution in [0.1, 0.15) is 11.1 Å². The van der Waals surface area contributed by atoms with Crippen LogP contribution in [0.3, 0.4) is 0 Å². The molecule has 108 valence electrons. The lowest BCUT2D eigenvalue weighted by Gasteiger charge is -2.07. The van der Waals surface area contributed by atoms with Gasteiger partial charge in [-0.05, 0) is 30.8 Å².